The van der Waals surface area contributed by atoms with Gasteiger partial charge in [-0.15, -0.1) is 5.10 Å². The van der Waals surface area contributed by atoms with Crippen LogP contribution in [0.25, 0.3) is 16.9 Å². The Bertz CT molecular complexity index is 810. The van der Waals surface area contributed by atoms with Crippen LogP contribution in [0.4, 0.5) is 0 Å². The minimum absolute atomic E-state index is 0.219. The highest BCUT2D eigenvalue weighted by molar-refractivity contribution is 5.89. The molecular formula is C16H13N3O3. The Morgan fingerprint density at radius 1 is 1.18 bits per heavy atom. The molecule has 0 radical (unpaired) electrons. The average molecular weight is 295 g/mol. The van der Waals surface area contributed by atoms with Crippen molar-refractivity contribution in [1.29, 1.82) is 0 Å². The Morgan fingerprint density at radius 2 is 1.95 bits per heavy atom. The van der Waals surface area contributed by atoms with Gasteiger partial charge in [0, 0.05) is 5.56 Å². The molecule has 1 N–H and O–H groups in total. The Kier molecular flexibility index (Phi) is 3.57. The van der Waals surface area contributed by atoms with Crippen LogP contribution in [0.15, 0.2) is 54.7 Å². The molecular weight excluding hydrogens is 282 g/mol. The molecule has 110 valence electrons. The Morgan fingerprint density at radius 3 is 2.64 bits per heavy atom. The van der Waals surface area contributed by atoms with Gasteiger partial charge in [-0.25, -0.2) is 9.48 Å². The summed E-state index contributed by atoms with van der Waals surface area (Å²) in [6.07, 6.45) is 1.75. The number of carboxylic acid groups (broad SMARTS) is 1. The second-order valence-electron chi connectivity index (χ2n) is 4.63. The van der Waals surface area contributed by atoms with Gasteiger partial charge in [-0.1, -0.05) is 17.3 Å². The Labute approximate surface area is 126 Å². The van der Waals surface area contributed by atoms with E-state index in [9.17, 15) is 4.79 Å². The van der Waals surface area contributed by atoms with E-state index in [1.807, 2.05) is 24.3 Å². The van der Waals surface area contributed by atoms with E-state index in [1.165, 1.54) is 0 Å². The van der Waals surface area contributed by atoms with Crippen molar-refractivity contribution in [2.24, 2.45) is 0 Å². The van der Waals surface area contributed by atoms with Gasteiger partial charge in [0.05, 0.1) is 24.6 Å². The van der Waals surface area contributed by atoms with E-state index in [4.69, 9.17) is 9.84 Å². The van der Waals surface area contributed by atoms with E-state index in [0.717, 1.165) is 11.4 Å². The minimum Gasteiger partial charge on any atom is -0.497 e. The van der Waals surface area contributed by atoms with Gasteiger partial charge in [0.15, 0.2) is 0 Å². The first-order valence-corrected chi connectivity index (χ1v) is 6.58. The van der Waals surface area contributed by atoms with E-state index < -0.39 is 5.97 Å². The average Bonchev–Trinajstić information content (AvgIpc) is 3.05. The lowest BCUT2D eigenvalue weighted by atomic mass is 10.1. The lowest BCUT2D eigenvalue weighted by molar-refractivity contribution is 0.0697. The van der Waals surface area contributed by atoms with Crippen LogP contribution in [-0.2, 0) is 0 Å². The van der Waals surface area contributed by atoms with Crippen molar-refractivity contribution in [3.63, 3.8) is 0 Å². The quantitative estimate of drug-likeness (QED) is 0.800. The first-order valence-electron chi connectivity index (χ1n) is 6.58. The first-order chi connectivity index (χ1) is 10.7. The molecule has 0 fully saturated rings. The summed E-state index contributed by atoms with van der Waals surface area (Å²) in [5.41, 5.74) is 2.38. The summed E-state index contributed by atoms with van der Waals surface area (Å²) in [6, 6.07) is 14.0. The van der Waals surface area contributed by atoms with E-state index >= 15 is 0 Å². The largest absolute Gasteiger partial charge is 0.497 e. The summed E-state index contributed by atoms with van der Waals surface area (Å²) in [5.74, 6) is -0.206. The molecule has 1 heterocycles. The van der Waals surface area contributed by atoms with Crippen molar-refractivity contribution in [1.82, 2.24) is 15.0 Å². The predicted molar refractivity (Wildman–Crippen MR) is 80.3 cm³/mol. The second kappa shape index (κ2) is 5.69. The number of aromatic nitrogens is 3. The lowest BCUT2D eigenvalue weighted by Gasteiger charge is -2.02. The van der Waals surface area contributed by atoms with Crippen molar-refractivity contribution < 1.29 is 14.6 Å². The van der Waals surface area contributed by atoms with Crippen molar-refractivity contribution >= 4 is 5.97 Å². The number of carboxylic acids is 1. The maximum absolute atomic E-state index is 11.0. The highest BCUT2D eigenvalue weighted by Crippen LogP contribution is 2.20. The second-order valence-corrected chi connectivity index (χ2v) is 4.63. The van der Waals surface area contributed by atoms with Crippen LogP contribution in [0.5, 0.6) is 5.75 Å². The molecule has 0 aliphatic heterocycles. The molecule has 0 aliphatic carbocycles. The monoisotopic (exact) mass is 295 g/mol. The molecule has 3 rings (SSSR count). The molecule has 6 nitrogen and oxygen atoms in total. The van der Waals surface area contributed by atoms with Crippen molar-refractivity contribution in [3.05, 3.63) is 60.3 Å². The molecule has 0 saturated heterocycles. The third-order valence-corrected chi connectivity index (χ3v) is 3.24. The van der Waals surface area contributed by atoms with Gasteiger partial charge in [0.2, 0.25) is 0 Å². The standard InChI is InChI=1S/C16H13N3O3/c1-22-14-7-5-13(6-8-14)19-10-15(17-18-19)11-3-2-4-12(9-11)16(20)21/h2-10H,1H3,(H,20,21). The molecule has 2 aromatic carbocycles. The molecule has 0 spiro atoms. The van der Waals surface area contributed by atoms with Crippen LogP contribution in [0.1, 0.15) is 10.4 Å². The molecule has 0 bridgehead atoms. The molecule has 0 saturated carbocycles. The zero-order chi connectivity index (χ0) is 15.5. The number of hydrogen-bond donors (Lipinski definition) is 1. The van der Waals surface area contributed by atoms with Gasteiger partial charge in [0.25, 0.3) is 0 Å². The minimum atomic E-state index is -0.968. The van der Waals surface area contributed by atoms with Crippen LogP contribution in [0.2, 0.25) is 0 Å². The normalized spacial score (nSPS) is 10.4. The number of hydrogen-bond acceptors (Lipinski definition) is 4. The van der Waals surface area contributed by atoms with Gasteiger partial charge in [-0.2, -0.15) is 0 Å². The van der Waals surface area contributed by atoms with E-state index in [0.29, 0.717) is 11.3 Å². The number of carbonyl (C=O) groups is 1. The molecule has 3 aromatic rings. The van der Waals surface area contributed by atoms with E-state index in [2.05, 4.69) is 10.3 Å². The Hall–Kier alpha value is -3.15. The molecule has 1 aromatic heterocycles. The molecule has 22 heavy (non-hydrogen) atoms. The highest BCUT2D eigenvalue weighted by atomic mass is 16.5. The summed E-state index contributed by atoms with van der Waals surface area (Å²) in [7, 11) is 1.61. The highest BCUT2D eigenvalue weighted by Gasteiger charge is 2.08. The van der Waals surface area contributed by atoms with Gasteiger partial charge in [-0.05, 0) is 36.4 Å². The van der Waals surface area contributed by atoms with Gasteiger partial charge >= 0.3 is 5.97 Å². The SMILES string of the molecule is COc1ccc(-n2cc(-c3cccc(C(=O)O)c3)nn2)cc1. The summed E-state index contributed by atoms with van der Waals surface area (Å²) in [5, 5.41) is 17.2. The molecule has 0 atom stereocenters. The van der Waals surface area contributed by atoms with Crippen LogP contribution >= 0.6 is 0 Å². The van der Waals surface area contributed by atoms with Crippen LogP contribution in [0, 0.1) is 0 Å². The van der Waals surface area contributed by atoms with Crippen LogP contribution < -0.4 is 4.74 Å². The van der Waals surface area contributed by atoms with E-state index in [1.54, 1.807) is 42.3 Å². The number of aromatic carboxylic acids is 1. The maximum atomic E-state index is 11.0. The fraction of sp³-hybridized carbons (Fsp3) is 0.0625. The third kappa shape index (κ3) is 2.67. The van der Waals surface area contributed by atoms with Crippen LogP contribution in [0.3, 0.4) is 0 Å². The van der Waals surface area contributed by atoms with Crippen LogP contribution in [-0.4, -0.2) is 33.2 Å². The Balaban J connectivity index is 1.93. The fourth-order valence-corrected chi connectivity index (χ4v) is 2.07. The number of rotatable bonds is 4. The number of methoxy groups -OCH3 is 1. The number of benzene rings is 2. The zero-order valence-corrected chi connectivity index (χ0v) is 11.8. The predicted octanol–water partition coefficient (Wildman–Crippen LogP) is 2.64. The van der Waals surface area contributed by atoms with E-state index in [-0.39, 0.29) is 5.56 Å². The first kappa shape index (κ1) is 13.8. The van der Waals surface area contributed by atoms with Gasteiger partial charge in [-0.3, -0.25) is 0 Å². The van der Waals surface area contributed by atoms with Gasteiger partial charge < -0.3 is 9.84 Å². The summed E-state index contributed by atoms with van der Waals surface area (Å²) >= 11 is 0. The molecule has 0 aliphatic rings. The summed E-state index contributed by atoms with van der Waals surface area (Å²) in [4.78, 5) is 11.0. The third-order valence-electron chi connectivity index (χ3n) is 3.24. The summed E-state index contributed by atoms with van der Waals surface area (Å²) < 4.78 is 6.74. The smallest absolute Gasteiger partial charge is 0.335 e. The fourth-order valence-electron chi connectivity index (χ4n) is 2.07. The number of ether oxygens (including phenoxy) is 1. The summed E-state index contributed by atoms with van der Waals surface area (Å²) in [6.45, 7) is 0. The van der Waals surface area contributed by atoms with Crippen molar-refractivity contribution in [2.75, 3.05) is 7.11 Å². The molecule has 0 unspecified atom stereocenters. The lowest BCUT2D eigenvalue weighted by Crippen LogP contribution is -1.95. The molecule has 6 heteroatoms. The zero-order valence-electron chi connectivity index (χ0n) is 11.8. The van der Waals surface area contributed by atoms with Crippen molar-refractivity contribution in [3.8, 4) is 22.7 Å². The molecule has 0 amide bonds. The maximum Gasteiger partial charge on any atom is 0.335 e. The topological polar surface area (TPSA) is 77.2 Å². The number of nitrogens with zero attached hydrogens (tertiary/aromatic N) is 3. The van der Waals surface area contributed by atoms with Gasteiger partial charge in [0.1, 0.15) is 11.4 Å². The van der Waals surface area contributed by atoms with Crippen molar-refractivity contribution in [2.45, 2.75) is 0 Å².